The number of halogens is 1. The van der Waals surface area contributed by atoms with Crippen LogP contribution in [0.1, 0.15) is 0 Å². The molecule has 132 valence electrons. The topological polar surface area (TPSA) is 56.8 Å². The van der Waals surface area contributed by atoms with Crippen LogP contribution in [-0.2, 0) is 9.53 Å². The van der Waals surface area contributed by atoms with Gasteiger partial charge in [-0.05, 0) is 24.4 Å². The van der Waals surface area contributed by atoms with Crippen LogP contribution in [0.2, 0.25) is 5.02 Å². The van der Waals surface area contributed by atoms with E-state index >= 15 is 0 Å². The van der Waals surface area contributed by atoms with Gasteiger partial charge in [-0.25, -0.2) is 0 Å². The number of methoxy groups -OCH3 is 1. The molecule has 0 aromatic heterocycles. The van der Waals surface area contributed by atoms with Crippen molar-refractivity contribution in [3.05, 3.63) is 29.3 Å². The maximum atomic E-state index is 12.1. The first-order valence-corrected chi connectivity index (χ1v) is 8.67. The molecule has 24 heavy (non-hydrogen) atoms. The highest BCUT2D eigenvalue weighted by Gasteiger charge is 2.20. The number of anilines is 1. The number of nitrogens with zero attached hydrogens (tertiary/aromatic N) is 2. The molecule has 0 unspecified atom stereocenters. The third-order valence-electron chi connectivity index (χ3n) is 3.76. The van der Waals surface area contributed by atoms with Crippen LogP contribution in [0.3, 0.4) is 0 Å². The predicted octanol–water partition coefficient (Wildman–Crippen LogP) is 1.42. The summed E-state index contributed by atoms with van der Waals surface area (Å²) in [6.07, 6.45) is 0. The molecule has 0 spiro atoms. The molecule has 1 saturated heterocycles. The summed E-state index contributed by atoms with van der Waals surface area (Å²) in [7, 11) is 1.66. The van der Waals surface area contributed by atoms with E-state index in [2.05, 4.69) is 20.4 Å². The van der Waals surface area contributed by atoms with Crippen LogP contribution in [-0.4, -0.2) is 73.8 Å². The summed E-state index contributed by atoms with van der Waals surface area (Å²) in [5.74, 6) is -0.0580. The molecule has 6 nitrogen and oxygen atoms in total. The highest BCUT2D eigenvalue weighted by molar-refractivity contribution is 7.80. The molecule has 2 N–H and O–H groups in total. The fourth-order valence-electron chi connectivity index (χ4n) is 2.44. The summed E-state index contributed by atoms with van der Waals surface area (Å²) in [6, 6.07) is 7.23. The molecule has 0 bridgehead atoms. The second-order valence-corrected chi connectivity index (χ2v) is 6.31. The van der Waals surface area contributed by atoms with Crippen molar-refractivity contribution < 1.29 is 9.53 Å². The number of piperazine rings is 1. The van der Waals surface area contributed by atoms with Crippen molar-refractivity contribution in [2.24, 2.45) is 0 Å². The Kier molecular flexibility index (Phi) is 7.71. The van der Waals surface area contributed by atoms with E-state index in [4.69, 9.17) is 28.6 Å². The molecule has 1 fully saturated rings. The normalized spacial score (nSPS) is 15.2. The average Bonchev–Trinajstić information content (AvgIpc) is 2.58. The zero-order chi connectivity index (χ0) is 17.4. The molecule has 0 saturated carbocycles. The second-order valence-electron chi connectivity index (χ2n) is 5.52. The zero-order valence-electron chi connectivity index (χ0n) is 13.8. The van der Waals surface area contributed by atoms with Gasteiger partial charge < -0.3 is 20.3 Å². The molecular weight excluding hydrogens is 348 g/mol. The smallest absolute Gasteiger partial charge is 0.238 e. The monoisotopic (exact) mass is 370 g/mol. The standard InChI is InChI=1S/C16H23ClN4O2S/c1-23-11-6-18-16(24)21-9-7-20(8-10-21)12-15(22)19-14-5-3-2-4-13(14)17/h2-5H,6-12H2,1H3,(H,18,24)(H,19,22). The first-order valence-electron chi connectivity index (χ1n) is 7.88. The summed E-state index contributed by atoms with van der Waals surface area (Å²) in [4.78, 5) is 16.4. The molecule has 8 heteroatoms. The van der Waals surface area contributed by atoms with Gasteiger partial charge in [-0.15, -0.1) is 0 Å². The number of nitrogens with one attached hydrogen (secondary N) is 2. The Morgan fingerprint density at radius 1 is 1.29 bits per heavy atom. The van der Waals surface area contributed by atoms with Gasteiger partial charge in [0.05, 0.1) is 23.9 Å². The van der Waals surface area contributed by atoms with Crippen molar-refractivity contribution in [2.45, 2.75) is 0 Å². The first kappa shape index (κ1) is 18.9. The van der Waals surface area contributed by atoms with Crippen molar-refractivity contribution in [1.82, 2.24) is 15.1 Å². The molecule has 0 aliphatic carbocycles. The summed E-state index contributed by atoms with van der Waals surface area (Å²) < 4.78 is 4.99. The molecular formula is C16H23ClN4O2S. The van der Waals surface area contributed by atoms with Gasteiger partial charge in [0.15, 0.2) is 5.11 Å². The minimum Gasteiger partial charge on any atom is -0.383 e. The molecule has 1 aromatic rings. The van der Waals surface area contributed by atoms with Crippen LogP contribution >= 0.6 is 23.8 Å². The van der Waals surface area contributed by atoms with Crippen molar-refractivity contribution in [1.29, 1.82) is 0 Å². The number of carbonyl (C=O) groups excluding carboxylic acids is 1. The third kappa shape index (κ3) is 5.90. The fraction of sp³-hybridized carbons (Fsp3) is 0.500. The largest absolute Gasteiger partial charge is 0.383 e. The lowest BCUT2D eigenvalue weighted by atomic mass is 10.3. The van der Waals surface area contributed by atoms with Gasteiger partial charge in [0.2, 0.25) is 5.91 Å². The average molecular weight is 371 g/mol. The number of thiocarbonyl (C=S) groups is 1. The van der Waals surface area contributed by atoms with Gasteiger partial charge in [0.25, 0.3) is 0 Å². The van der Waals surface area contributed by atoms with E-state index in [-0.39, 0.29) is 5.91 Å². The molecule has 1 aliphatic rings. The highest BCUT2D eigenvalue weighted by atomic mass is 35.5. The van der Waals surface area contributed by atoms with Crippen molar-refractivity contribution >= 4 is 40.5 Å². The molecule has 2 rings (SSSR count). The molecule has 0 radical (unpaired) electrons. The van der Waals surface area contributed by atoms with E-state index in [9.17, 15) is 4.79 Å². The van der Waals surface area contributed by atoms with Gasteiger partial charge in [-0.1, -0.05) is 23.7 Å². The number of ether oxygens (including phenoxy) is 1. The van der Waals surface area contributed by atoms with Gasteiger partial charge >= 0.3 is 0 Å². The Morgan fingerprint density at radius 3 is 2.67 bits per heavy atom. The van der Waals surface area contributed by atoms with E-state index in [0.717, 1.165) is 31.3 Å². The number of rotatable bonds is 6. The lowest BCUT2D eigenvalue weighted by Gasteiger charge is -2.35. The number of hydrogen-bond acceptors (Lipinski definition) is 4. The Balaban J connectivity index is 1.72. The van der Waals surface area contributed by atoms with Crippen LogP contribution < -0.4 is 10.6 Å². The number of para-hydroxylation sites is 1. The van der Waals surface area contributed by atoms with Gasteiger partial charge in [-0.3, -0.25) is 9.69 Å². The Bertz CT molecular complexity index is 565. The Labute approximate surface area is 153 Å². The number of hydrogen-bond donors (Lipinski definition) is 2. The van der Waals surface area contributed by atoms with Crippen molar-refractivity contribution in [3.63, 3.8) is 0 Å². The minimum atomic E-state index is -0.0580. The fourth-order valence-corrected chi connectivity index (χ4v) is 2.90. The van der Waals surface area contributed by atoms with Gasteiger partial charge in [0, 0.05) is 39.8 Å². The third-order valence-corrected chi connectivity index (χ3v) is 4.49. The van der Waals surface area contributed by atoms with E-state index < -0.39 is 0 Å². The Morgan fingerprint density at radius 2 is 2.00 bits per heavy atom. The van der Waals surface area contributed by atoms with Crippen LogP contribution in [0.25, 0.3) is 0 Å². The summed E-state index contributed by atoms with van der Waals surface area (Å²) in [5.41, 5.74) is 0.645. The van der Waals surface area contributed by atoms with E-state index in [0.29, 0.717) is 30.4 Å². The molecule has 1 aromatic carbocycles. The molecule has 1 heterocycles. The number of amides is 1. The summed E-state index contributed by atoms with van der Waals surface area (Å²) in [6.45, 7) is 4.88. The van der Waals surface area contributed by atoms with Gasteiger partial charge in [-0.2, -0.15) is 0 Å². The van der Waals surface area contributed by atoms with Crippen LogP contribution in [0.4, 0.5) is 5.69 Å². The van der Waals surface area contributed by atoms with Crippen molar-refractivity contribution in [2.75, 3.05) is 58.3 Å². The van der Waals surface area contributed by atoms with E-state index in [1.54, 1.807) is 19.2 Å². The Hall–Kier alpha value is -1.41. The second kappa shape index (κ2) is 9.78. The molecule has 1 aliphatic heterocycles. The minimum absolute atomic E-state index is 0.0580. The zero-order valence-corrected chi connectivity index (χ0v) is 15.3. The van der Waals surface area contributed by atoms with Gasteiger partial charge in [0.1, 0.15) is 0 Å². The highest BCUT2D eigenvalue weighted by Crippen LogP contribution is 2.20. The van der Waals surface area contributed by atoms with Crippen LogP contribution in [0.15, 0.2) is 24.3 Å². The SMILES string of the molecule is COCCNC(=S)N1CCN(CC(=O)Nc2ccccc2Cl)CC1. The molecule has 1 amide bonds. The summed E-state index contributed by atoms with van der Waals surface area (Å²) >= 11 is 11.4. The lowest BCUT2D eigenvalue weighted by molar-refractivity contribution is -0.117. The van der Waals surface area contributed by atoms with Crippen LogP contribution in [0, 0.1) is 0 Å². The van der Waals surface area contributed by atoms with Crippen LogP contribution in [0.5, 0.6) is 0 Å². The molecule has 0 atom stereocenters. The predicted molar refractivity (Wildman–Crippen MR) is 101 cm³/mol. The maximum absolute atomic E-state index is 12.1. The lowest BCUT2D eigenvalue weighted by Crippen LogP contribution is -2.53. The van der Waals surface area contributed by atoms with E-state index in [1.165, 1.54) is 0 Å². The number of carbonyl (C=O) groups is 1. The maximum Gasteiger partial charge on any atom is 0.238 e. The first-order chi connectivity index (χ1) is 11.6. The van der Waals surface area contributed by atoms with Crippen molar-refractivity contribution in [3.8, 4) is 0 Å². The quantitative estimate of drug-likeness (QED) is 0.583. The summed E-state index contributed by atoms with van der Waals surface area (Å²) in [5, 5.41) is 7.30. The van der Waals surface area contributed by atoms with E-state index in [1.807, 2.05) is 12.1 Å². The number of benzene rings is 1.